The van der Waals surface area contributed by atoms with Crippen LogP contribution in [0.5, 0.6) is 0 Å². The Morgan fingerprint density at radius 3 is 2.79 bits per heavy atom. The van der Waals surface area contributed by atoms with E-state index in [0.29, 0.717) is 38.9 Å². The van der Waals surface area contributed by atoms with Crippen molar-refractivity contribution in [3.8, 4) is 0 Å². The van der Waals surface area contributed by atoms with Crippen LogP contribution in [-0.2, 0) is 24.6 Å². The van der Waals surface area contributed by atoms with Crippen LogP contribution in [0.4, 0.5) is 5.00 Å². The molecule has 1 aliphatic rings. The molecule has 0 spiro atoms. The fourth-order valence-electron chi connectivity index (χ4n) is 3.43. The molecule has 0 fully saturated rings. The predicted molar refractivity (Wildman–Crippen MR) is 121 cm³/mol. The van der Waals surface area contributed by atoms with Gasteiger partial charge in [0.05, 0.1) is 22.3 Å². The fourth-order valence-corrected chi connectivity index (χ4v) is 5.61. The molecule has 1 aliphatic carbocycles. The Morgan fingerprint density at radius 1 is 1.45 bits per heavy atom. The Bertz CT molecular complexity index is 983. The number of nitrogens with zero attached hydrogens (tertiary/aromatic N) is 2. The first-order valence-corrected chi connectivity index (χ1v) is 11.4. The second kappa shape index (κ2) is 8.93. The van der Waals surface area contributed by atoms with E-state index in [9.17, 15) is 9.59 Å². The van der Waals surface area contributed by atoms with Gasteiger partial charge in [-0.15, -0.1) is 11.3 Å². The molecule has 0 saturated carbocycles. The highest BCUT2D eigenvalue weighted by Gasteiger charge is 2.29. The van der Waals surface area contributed by atoms with Crippen molar-refractivity contribution in [2.75, 3.05) is 11.9 Å². The van der Waals surface area contributed by atoms with Crippen LogP contribution in [-0.4, -0.2) is 33.4 Å². The van der Waals surface area contributed by atoms with E-state index in [0.717, 1.165) is 24.8 Å². The van der Waals surface area contributed by atoms with Gasteiger partial charge in [-0.3, -0.25) is 14.8 Å². The summed E-state index contributed by atoms with van der Waals surface area (Å²) in [5.74, 6) is -0.174. The van der Waals surface area contributed by atoms with Gasteiger partial charge in [0.2, 0.25) is 0 Å². The van der Waals surface area contributed by atoms with Gasteiger partial charge in [-0.1, -0.05) is 6.92 Å². The van der Waals surface area contributed by atoms with Crippen LogP contribution in [0.2, 0.25) is 0 Å². The maximum Gasteiger partial charge on any atom is 0.341 e. The summed E-state index contributed by atoms with van der Waals surface area (Å²) in [6.07, 6.45) is 2.79. The van der Waals surface area contributed by atoms with Gasteiger partial charge in [0.1, 0.15) is 10.7 Å². The summed E-state index contributed by atoms with van der Waals surface area (Å²) in [5, 5.41) is 10.7. The molecule has 2 aromatic heterocycles. The third-order valence-corrected chi connectivity index (χ3v) is 7.13. The Balaban J connectivity index is 1.82. The van der Waals surface area contributed by atoms with Gasteiger partial charge in [-0.05, 0) is 72.7 Å². The van der Waals surface area contributed by atoms with E-state index >= 15 is 0 Å². The summed E-state index contributed by atoms with van der Waals surface area (Å²) < 4.78 is 7.38. The number of rotatable bonds is 4. The number of thiophene rings is 1. The molecule has 0 aliphatic heterocycles. The van der Waals surface area contributed by atoms with Crippen molar-refractivity contribution in [3.05, 3.63) is 31.9 Å². The van der Waals surface area contributed by atoms with Crippen molar-refractivity contribution in [2.24, 2.45) is 13.0 Å². The lowest BCUT2D eigenvalue weighted by Gasteiger charge is -2.18. The number of ether oxygens (including phenoxy) is 1. The maximum atomic E-state index is 12.6. The number of esters is 1. The van der Waals surface area contributed by atoms with E-state index in [2.05, 4.69) is 38.6 Å². The van der Waals surface area contributed by atoms with E-state index in [4.69, 9.17) is 17.0 Å². The number of hydrogen-bond donors (Lipinski definition) is 2. The van der Waals surface area contributed by atoms with E-state index < -0.39 is 0 Å². The van der Waals surface area contributed by atoms with E-state index in [1.165, 1.54) is 20.9 Å². The normalized spacial score (nSPS) is 15.6. The van der Waals surface area contributed by atoms with Crippen molar-refractivity contribution in [2.45, 2.75) is 40.0 Å². The molecule has 7 nitrogen and oxygen atoms in total. The SMILES string of the molecule is CCOC(=O)c1c(NC(=S)NC(=O)c2c(Br)c(C)nn2C)sc2c1CC[C@@H](C)C2. The molecule has 29 heavy (non-hydrogen) atoms. The molecule has 2 heterocycles. The van der Waals surface area contributed by atoms with Gasteiger partial charge in [-0.25, -0.2) is 4.79 Å². The van der Waals surface area contributed by atoms with Crippen molar-refractivity contribution in [1.82, 2.24) is 15.1 Å². The molecule has 0 saturated heterocycles. The average Bonchev–Trinajstić information content (AvgIpc) is 3.10. The zero-order valence-electron chi connectivity index (χ0n) is 16.7. The molecule has 2 N–H and O–H groups in total. The van der Waals surface area contributed by atoms with E-state index in [1.54, 1.807) is 20.9 Å². The molecule has 1 atom stereocenters. The first-order chi connectivity index (χ1) is 13.7. The lowest BCUT2D eigenvalue weighted by atomic mass is 9.88. The number of fused-ring (bicyclic) bond motifs is 1. The number of amides is 1. The molecule has 0 bridgehead atoms. The van der Waals surface area contributed by atoms with Crippen LogP contribution in [0.3, 0.4) is 0 Å². The lowest BCUT2D eigenvalue weighted by molar-refractivity contribution is 0.0526. The largest absolute Gasteiger partial charge is 0.462 e. The third-order valence-electron chi connectivity index (χ3n) is 4.81. The number of thiocarbonyl (C=S) groups is 1. The van der Waals surface area contributed by atoms with Crippen LogP contribution in [0.25, 0.3) is 0 Å². The summed E-state index contributed by atoms with van der Waals surface area (Å²) in [7, 11) is 1.69. The number of carbonyl (C=O) groups is 2. The monoisotopic (exact) mass is 498 g/mol. The molecule has 0 aromatic carbocycles. The number of aromatic nitrogens is 2. The first kappa shape index (κ1) is 21.9. The Hall–Kier alpha value is -1.78. The van der Waals surface area contributed by atoms with Gasteiger partial charge >= 0.3 is 5.97 Å². The number of nitrogens with one attached hydrogen (secondary N) is 2. The molecule has 3 rings (SSSR count). The fraction of sp³-hybridized carbons (Fsp3) is 0.474. The van der Waals surface area contributed by atoms with E-state index in [1.807, 2.05) is 0 Å². The Labute approximate surface area is 187 Å². The number of aryl methyl sites for hydroxylation is 2. The highest BCUT2D eigenvalue weighted by atomic mass is 79.9. The number of halogens is 1. The van der Waals surface area contributed by atoms with Gasteiger partial charge in [0.15, 0.2) is 5.11 Å². The molecule has 2 aromatic rings. The lowest BCUT2D eigenvalue weighted by Crippen LogP contribution is -2.35. The van der Waals surface area contributed by atoms with Gasteiger partial charge in [-0.2, -0.15) is 5.10 Å². The van der Waals surface area contributed by atoms with Crippen LogP contribution in [0, 0.1) is 12.8 Å². The highest BCUT2D eigenvalue weighted by molar-refractivity contribution is 9.10. The van der Waals surface area contributed by atoms with Gasteiger partial charge in [0.25, 0.3) is 5.91 Å². The molecule has 0 unspecified atom stereocenters. The van der Waals surface area contributed by atoms with Crippen LogP contribution < -0.4 is 10.6 Å². The van der Waals surface area contributed by atoms with Crippen LogP contribution in [0.15, 0.2) is 4.47 Å². The number of carbonyl (C=O) groups excluding carboxylic acids is 2. The third kappa shape index (κ3) is 4.54. The second-order valence-corrected chi connectivity index (χ2v) is 9.36. The maximum absolute atomic E-state index is 12.6. The average molecular weight is 499 g/mol. The second-order valence-electron chi connectivity index (χ2n) is 7.06. The Kier molecular flexibility index (Phi) is 6.75. The predicted octanol–water partition coefficient (Wildman–Crippen LogP) is 3.98. The Morgan fingerprint density at radius 2 is 2.17 bits per heavy atom. The minimum absolute atomic E-state index is 0.123. The summed E-state index contributed by atoms with van der Waals surface area (Å²) in [4.78, 5) is 26.4. The van der Waals surface area contributed by atoms with Gasteiger partial charge in [0, 0.05) is 11.9 Å². The zero-order valence-corrected chi connectivity index (χ0v) is 19.9. The smallest absolute Gasteiger partial charge is 0.341 e. The van der Waals surface area contributed by atoms with Crippen molar-refractivity contribution in [3.63, 3.8) is 0 Å². The summed E-state index contributed by atoms with van der Waals surface area (Å²) >= 11 is 10.2. The first-order valence-electron chi connectivity index (χ1n) is 9.35. The van der Waals surface area contributed by atoms with Crippen molar-refractivity contribution >= 4 is 61.5 Å². The molecular weight excluding hydrogens is 476 g/mol. The summed E-state index contributed by atoms with van der Waals surface area (Å²) in [6.45, 7) is 6.09. The molecular formula is C19H23BrN4O3S2. The van der Waals surface area contributed by atoms with Crippen LogP contribution in [0.1, 0.15) is 57.2 Å². The standard InChI is InChI=1S/C19H23BrN4O3S2/c1-5-27-18(26)13-11-7-6-9(2)8-12(11)29-17(13)22-19(28)21-16(25)15-14(20)10(3)23-24(15)4/h9H,5-8H2,1-4H3,(H2,21,22,25,28)/t9-/m1/s1. The molecule has 1 amide bonds. The minimum atomic E-state index is -0.384. The molecule has 10 heteroatoms. The quantitative estimate of drug-likeness (QED) is 0.489. The topological polar surface area (TPSA) is 85.2 Å². The minimum Gasteiger partial charge on any atom is -0.462 e. The summed E-state index contributed by atoms with van der Waals surface area (Å²) in [6, 6.07) is 0. The highest BCUT2D eigenvalue weighted by Crippen LogP contribution is 2.40. The number of anilines is 1. The molecule has 156 valence electrons. The van der Waals surface area contributed by atoms with Crippen LogP contribution >= 0.6 is 39.5 Å². The van der Waals surface area contributed by atoms with Gasteiger partial charge < -0.3 is 10.1 Å². The van der Waals surface area contributed by atoms with Crippen molar-refractivity contribution < 1.29 is 14.3 Å². The summed E-state index contributed by atoms with van der Waals surface area (Å²) in [5.41, 5.74) is 2.65. The van der Waals surface area contributed by atoms with Crippen molar-refractivity contribution in [1.29, 1.82) is 0 Å². The van der Waals surface area contributed by atoms with E-state index in [-0.39, 0.29) is 17.0 Å². The number of hydrogen-bond acceptors (Lipinski definition) is 6. The molecule has 0 radical (unpaired) electrons. The zero-order chi connectivity index (χ0) is 21.3.